The molecule has 0 aromatic heterocycles. The van der Waals surface area contributed by atoms with Gasteiger partial charge in [-0.15, -0.1) is 0 Å². The predicted octanol–water partition coefficient (Wildman–Crippen LogP) is 3.51. The predicted molar refractivity (Wildman–Crippen MR) is 101 cm³/mol. The second-order valence-electron chi connectivity index (χ2n) is 6.49. The fraction of sp³-hybridized carbons (Fsp3) is 0.316. The molecule has 1 aliphatic rings. The number of hydrogen-bond acceptors (Lipinski definition) is 3. The van der Waals surface area contributed by atoms with E-state index in [1.165, 1.54) is 18.2 Å². The fourth-order valence-corrected chi connectivity index (χ4v) is 5.06. The third-order valence-electron chi connectivity index (χ3n) is 4.66. The molecule has 2 unspecified atom stereocenters. The Morgan fingerprint density at radius 1 is 1.22 bits per heavy atom. The van der Waals surface area contributed by atoms with Crippen molar-refractivity contribution in [1.29, 1.82) is 0 Å². The van der Waals surface area contributed by atoms with Crippen LogP contribution in [0, 0.1) is 5.82 Å². The van der Waals surface area contributed by atoms with E-state index in [1.54, 1.807) is 24.3 Å². The van der Waals surface area contributed by atoms with E-state index in [9.17, 15) is 17.6 Å². The Hall–Kier alpha value is -1.96. The topological polar surface area (TPSA) is 66.5 Å². The van der Waals surface area contributed by atoms with Gasteiger partial charge in [0, 0.05) is 11.6 Å². The van der Waals surface area contributed by atoms with E-state index in [-0.39, 0.29) is 12.6 Å². The number of carbonyl (C=O) groups is 1. The SMILES string of the molecule is CC(NC(=O)C1CCCN1S(=O)(=O)c1ccccc1F)c1ccc(Cl)cc1. The van der Waals surface area contributed by atoms with Gasteiger partial charge in [0.25, 0.3) is 0 Å². The van der Waals surface area contributed by atoms with E-state index >= 15 is 0 Å². The van der Waals surface area contributed by atoms with Crippen molar-refractivity contribution in [2.24, 2.45) is 0 Å². The average Bonchev–Trinajstić information content (AvgIpc) is 3.13. The Morgan fingerprint density at radius 2 is 1.89 bits per heavy atom. The molecule has 0 bridgehead atoms. The molecule has 0 radical (unpaired) electrons. The molecule has 2 aromatic rings. The van der Waals surface area contributed by atoms with Crippen molar-refractivity contribution in [3.8, 4) is 0 Å². The minimum Gasteiger partial charge on any atom is -0.348 e. The molecule has 1 amide bonds. The number of amides is 1. The molecule has 8 heteroatoms. The summed E-state index contributed by atoms with van der Waals surface area (Å²) in [5.74, 6) is -1.21. The van der Waals surface area contributed by atoms with Gasteiger partial charge in [0.15, 0.2) is 0 Å². The van der Waals surface area contributed by atoms with Crippen LogP contribution in [0.4, 0.5) is 4.39 Å². The average molecular weight is 411 g/mol. The summed E-state index contributed by atoms with van der Waals surface area (Å²) in [5, 5.41) is 3.44. The number of halogens is 2. The maximum absolute atomic E-state index is 14.0. The summed E-state index contributed by atoms with van der Waals surface area (Å²) < 4.78 is 40.8. The van der Waals surface area contributed by atoms with Crippen LogP contribution in [0.5, 0.6) is 0 Å². The third kappa shape index (κ3) is 4.15. The zero-order valence-corrected chi connectivity index (χ0v) is 16.3. The molecule has 1 heterocycles. The lowest BCUT2D eigenvalue weighted by Crippen LogP contribution is -2.46. The van der Waals surface area contributed by atoms with E-state index in [0.29, 0.717) is 17.9 Å². The lowest BCUT2D eigenvalue weighted by molar-refractivity contribution is -0.124. The molecule has 5 nitrogen and oxygen atoms in total. The van der Waals surface area contributed by atoms with Crippen molar-refractivity contribution in [1.82, 2.24) is 9.62 Å². The first-order chi connectivity index (χ1) is 12.8. The summed E-state index contributed by atoms with van der Waals surface area (Å²) in [7, 11) is -4.09. The molecule has 0 spiro atoms. The highest BCUT2D eigenvalue weighted by molar-refractivity contribution is 7.89. The summed E-state index contributed by atoms with van der Waals surface area (Å²) in [5.41, 5.74) is 0.856. The molecule has 0 saturated carbocycles. The molecule has 2 atom stereocenters. The quantitative estimate of drug-likeness (QED) is 0.820. The van der Waals surface area contributed by atoms with Gasteiger partial charge in [-0.1, -0.05) is 35.9 Å². The number of carbonyl (C=O) groups excluding carboxylic acids is 1. The van der Waals surface area contributed by atoms with Crippen molar-refractivity contribution in [2.75, 3.05) is 6.54 Å². The highest BCUT2D eigenvalue weighted by atomic mass is 35.5. The van der Waals surface area contributed by atoms with E-state index in [1.807, 2.05) is 6.92 Å². The first kappa shape index (κ1) is 19.8. The molecular formula is C19H20ClFN2O3S. The fourth-order valence-electron chi connectivity index (χ4n) is 3.21. The number of sulfonamides is 1. The van der Waals surface area contributed by atoms with Gasteiger partial charge in [-0.2, -0.15) is 4.31 Å². The molecule has 144 valence electrons. The summed E-state index contributed by atoms with van der Waals surface area (Å²) in [6.07, 6.45) is 0.938. The van der Waals surface area contributed by atoms with E-state index in [4.69, 9.17) is 11.6 Å². The maximum atomic E-state index is 14.0. The zero-order chi connectivity index (χ0) is 19.6. The second-order valence-corrected chi connectivity index (χ2v) is 8.78. The first-order valence-corrected chi connectivity index (χ1v) is 10.4. The van der Waals surface area contributed by atoms with Crippen LogP contribution in [0.15, 0.2) is 53.4 Å². The van der Waals surface area contributed by atoms with E-state index in [2.05, 4.69) is 5.32 Å². The van der Waals surface area contributed by atoms with Crippen LogP contribution < -0.4 is 5.32 Å². The molecule has 3 rings (SSSR count). The number of hydrogen-bond donors (Lipinski definition) is 1. The summed E-state index contributed by atoms with van der Waals surface area (Å²) in [4.78, 5) is 12.3. The van der Waals surface area contributed by atoms with E-state index in [0.717, 1.165) is 15.9 Å². The van der Waals surface area contributed by atoms with Crippen LogP contribution in [-0.2, 0) is 14.8 Å². The van der Waals surface area contributed by atoms with Crippen LogP contribution in [0.1, 0.15) is 31.4 Å². The lowest BCUT2D eigenvalue weighted by atomic mass is 10.1. The normalized spacial score (nSPS) is 19.0. The number of nitrogens with zero attached hydrogens (tertiary/aromatic N) is 1. The minimum atomic E-state index is -4.09. The Kier molecular flexibility index (Phi) is 5.83. The standard InChI is InChI=1S/C19H20ClFN2O3S/c1-13(14-8-10-15(20)11-9-14)22-19(24)17-6-4-12-23(17)27(25,26)18-7-3-2-5-16(18)21/h2-3,5,7-11,13,17H,4,6,12H2,1H3,(H,22,24). The molecule has 0 aliphatic carbocycles. The van der Waals surface area contributed by atoms with Crippen molar-refractivity contribution < 1.29 is 17.6 Å². The van der Waals surface area contributed by atoms with Gasteiger partial charge in [0.1, 0.15) is 16.8 Å². The van der Waals surface area contributed by atoms with Gasteiger partial charge in [0.05, 0.1) is 6.04 Å². The molecule has 2 aromatic carbocycles. The largest absolute Gasteiger partial charge is 0.348 e. The number of rotatable bonds is 5. The van der Waals surface area contributed by atoms with Gasteiger partial charge in [-0.25, -0.2) is 12.8 Å². The molecule has 1 saturated heterocycles. The highest BCUT2D eigenvalue weighted by Crippen LogP contribution is 2.28. The third-order valence-corrected chi connectivity index (χ3v) is 6.85. The van der Waals surface area contributed by atoms with Crippen molar-refractivity contribution in [3.05, 3.63) is 64.9 Å². The molecule has 1 N–H and O–H groups in total. The Labute approximate surface area is 163 Å². The van der Waals surface area contributed by atoms with Crippen LogP contribution in [-0.4, -0.2) is 31.2 Å². The van der Waals surface area contributed by atoms with Gasteiger partial charge in [-0.3, -0.25) is 4.79 Å². The van der Waals surface area contributed by atoms with Gasteiger partial charge in [0.2, 0.25) is 15.9 Å². The van der Waals surface area contributed by atoms with Crippen LogP contribution in [0.25, 0.3) is 0 Å². The Morgan fingerprint density at radius 3 is 2.56 bits per heavy atom. The van der Waals surface area contributed by atoms with Crippen LogP contribution in [0.2, 0.25) is 5.02 Å². The molecule has 1 aliphatic heterocycles. The number of benzene rings is 2. The van der Waals surface area contributed by atoms with E-state index < -0.39 is 32.7 Å². The molecule has 1 fully saturated rings. The molecule has 27 heavy (non-hydrogen) atoms. The van der Waals surface area contributed by atoms with Crippen molar-refractivity contribution >= 4 is 27.5 Å². The van der Waals surface area contributed by atoms with Crippen LogP contribution in [0.3, 0.4) is 0 Å². The summed E-state index contributed by atoms with van der Waals surface area (Å²) in [6.45, 7) is 2.00. The zero-order valence-electron chi connectivity index (χ0n) is 14.7. The highest BCUT2D eigenvalue weighted by Gasteiger charge is 2.40. The first-order valence-electron chi connectivity index (χ1n) is 8.63. The summed E-state index contributed by atoms with van der Waals surface area (Å²) >= 11 is 5.87. The van der Waals surface area contributed by atoms with Crippen molar-refractivity contribution in [3.63, 3.8) is 0 Å². The van der Waals surface area contributed by atoms with Crippen LogP contribution >= 0.6 is 11.6 Å². The molecular weight excluding hydrogens is 391 g/mol. The van der Waals surface area contributed by atoms with Gasteiger partial charge < -0.3 is 5.32 Å². The van der Waals surface area contributed by atoms with Crippen molar-refractivity contribution in [2.45, 2.75) is 36.7 Å². The van der Waals surface area contributed by atoms with Gasteiger partial charge >= 0.3 is 0 Å². The Bertz CT molecular complexity index is 934. The maximum Gasteiger partial charge on any atom is 0.246 e. The van der Waals surface area contributed by atoms with Gasteiger partial charge in [-0.05, 0) is 49.6 Å². The summed E-state index contributed by atoms with van der Waals surface area (Å²) in [6, 6.07) is 11.1. The lowest BCUT2D eigenvalue weighted by Gasteiger charge is -2.25. The minimum absolute atomic E-state index is 0.185. The monoisotopic (exact) mass is 410 g/mol. The second kappa shape index (κ2) is 7.96. The number of nitrogens with one attached hydrogen (secondary N) is 1. The Balaban J connectivity index is 1.78. The smallest absolute Gasteiger partial charge is 0.246 e.